The summed E-state index contributed by atoms with van der Waals surface area (Å²) in [5, 5.41) is 29.3. The number of imidazole rings is 1. The molecule has 1 saturated heterocycles. The lowest BCUT2D eigenvalue weighted by Crippen LogP contribution is -2.48. The summed E-state index contributed by atoms with van der Waals surface area (Å²) in [6, 6.07) is 0. The van der Waals surface area contributed by atoms with Crippen LogP contribution in [0.15, 0.2) is 11.1 Å². The largest absolute Gasteiger partial charge is 0.390 e. The Labute approximate surface area is 122 Å². The summed E-state index contributed by atoms with van der Waals surface area (Å²) in [4.78, 5) is 21.6. The van der Waals surface area contributed by atoms with E-state index in [1.165, 1.54) is 0 Å². The second-order valence-electron chi connectivity index (χ2n) is 5.32. The molecule has 3 heterocycles. The second-order valence-corrected chi connectivity index (χ2v) is 5.32. The van der Waals surface area contributed by atoms with Crippen molar-refractivity contribution in [2.24, 2.45) is 0 Å². The van der Waals surface area contributed by atoms with Crippen LogP contribution in [-0.4, -0.2) is 59.0 Å². The van der Waals surface area contributed by atoms with Gasteiger partial charge < -0.3 is 25.8 Å². The highest BCUT2D eigenvalue weighted by Gasteiger charge is 2.62. The molecule has 4 atom stereocenters. The number of nitrogens with two attached hydrogens (primary N) is 1. The van der Waals surface area contributed by atoms with Crippen LogP contribution in [0, 0.1) is 0 Å². The van der Waals surface area contributed by atoms with Crippen LogP contribution < -0.4 is 11.3 Å². The molecular formula is C11H14FN5O5. The van der Waals surface area contributed by atoms with E-state index in [0.717, 1.165) is 17.8 Å². The van der Waals surface area contributed by atoms with Gasteiger partial charge in [0, 0.05) is 0 Å². The van der Waals surface area contributed by atoms with E-state index in [-0.39, 0.29) is 17.1 Å². The molecule has 0 aliphatic carbocycles. The fraction of sp³-hybridized carbons (Fsp3) is 0.545. The lowest BCUT2D eigenvalue weighted by molar-refractivity contribution is -0.206. The van der Waals surface area contributed by atoms with Gasteiger partial charge in [-0.25, -0.2) is 9.37 Å². The predicted molar refractivity (Wildman–Crippen MR) is 70.2 cm³/mol. The van der Waals surface area contributed by atoms with Crippen LogP contribution in [0.1, 0.15) is 13.2 Å². The molecule has 0 spiro atoms. The summed E-state index contributed by atoms with van der Waals surface area (Å²) >= 11 is 0. The van der Waals surface area contributed by atoms with Gasteiger partial charge in [0.1, 0.15) is 18.3 Å². The van der Waals surface area contributed by atoms with Crippen molar-refractivity contribution in [1.29, 1.82) is 0 Å². The average Bonchev–Trinajstić information content (AvgIpc) is 2.93. The highest BCUT2D eigenvalue weighted by molar-refractivity contribution is 5.70. The van der Waals surface area contributed by atoms with Gasteiger partial charge in [0.05, 0.1) is 6.33 Å². The molecule has 1 aliphatic rings. The number of hydrogen-bond donors (Lipinski definition) is 5. The molecule has 11 heteroatoms. The molecule has 10 nitrogen and oxygen atoms in total. The number of ether oxygens (including phenoxy) is 1. The van der Waals surface area contributed by atoms with E-state index in [1.54, 1.807) is 0 Å². The molecule has 4 unspecified atom stereocenters. The van der Waals surface area contributed by atoms with Gasteiger partial charge in [-0.2, -0.15) is 4.98 Å². The number of fused-ring (bicyclic) bond motifs is 1. The van der Waals surface area contributed by atoms with Gasteiger partial charge in [-0.05, 0) is 6.92 Å². The molecule has 6 N–H and O–H groups in total. The Kier molecular flexibility index (Phi) is 3.01. The zero-order chi connectivity index (χ0) is 16.3. The number of aliphatic hydroxyl groups is 3. The molecule has 0 radical (unpaired) electrons. The number of halogens is 1. The van der Waals surface area contributed by atoms with Crippen LogP contribution in [-0.2, 0) is 4.74 Å². The quantitative estimate of drug-likeness (QED) is 0.425. The van der Waals surface area contributed by atoms with Gasteiger partial charge in [0.15, 0.2) is 17.4 Å². The van der Waals surface area contributed by atoms with Crippen LogP contribution in [0.25, 0.3) is 11.2 Å². The summed E-state index contributed by atoms with van der Waals surface area (Å²) in [6.45, 7) is -0.0364. The maximum atomic E-state index is 14.3. The number of aromatic nitrogens is 4. The van der Waals surface area contributed by atoms with Crippen molar-refractivity contribution >= 4 is 17.1 Å². The first kappa shape index (κ1) is 14.8. The van der Waals surface area contributed by atoms with Gasteiger partial charge in [0.2, 0.25) is 5.95 Å². The topological polar surface area (TPSA) is 160 Å². The number of nitrogen functional groups attached to an aromatic ring is 1. The minimum absolute atomic E-state index is 0.0547. The normalized spacial score (nSPS) is 35.3. The van der Waals surface area contributed by atoms with Crippen LogP contribution in [0.3, 0.4) is 0 Å². The van der Waals surface area contributed by atoms with Crippen molar-refractivity contribution < 1.29 is 24.4 Å². The van der Waals surface area contributed by atoms with Crippen molar-refractivity contribution in [1.82, 2.24) is 19.5 Å². The number of alkyl halides is 1. The third kappa shape index (κ3) is 1.83. The van der Waals surface area contributed by atoms with E-state index < -0.39 is 36.0 Å². The average molecular weight is 315 g/mol. The summed E-state index contributed by atoms with van der Waals surface area (Å²) in [5.41, 5.74) is 2.58. The fourth-order valence-corrected chi connectivity index (χ4v) is 2.52. The number of hydrogen-bond acceptors (Lipinski definition) is 8. The molecule has 0 saturated carbocycles. The number of H-pyrrole nitrogens is 1. The molecule has 3 rings (SSSR count). The minimum atomic E-state index is -2.86. The minimum Gasteiger partial charge on any atom is -0.390 e. The van der Waals surface area contributed by atoms with Gasteiger partial charge in [-0.1, -0.05) is 0 Å². The maximum Gasteiger partial charge on any atom is 0.280 e. The first-order valence-corrected chi connectivity index (χ1v) is 6.31. The van der Waals surface area contributed by atoms with Crippen LogP contribution in [0.4, 0.5) is 10.3 Å². The number of nitrogens with zero attached hydrogens (tertiary/aromatic N) is 3. The number of rotatable bonds is 2. The Hall–Kier alpha value is -2.08. The Morgan fingerprint density at radius 3 is 2.91 bits per heavy atom. The molecule has 1 aliphatic heterocycles. The van der Waals surface area contributed by atoms with Crippen LogP contribution in [0.5, 0.6) is 0 Å². The van der Waals surface area contributed by atoms with Crippen molar-refractivity contribution in [3.63, 3.8) is 0 Å². The van der Waals surface area contributed by atoms with Gasteiger partial charge in [-0.3, -0.25) is 14.3 Å². The molecular weight excluding hydrogens is 301 g/mol. The predicted octanol–water partition coefficient (Wildman–Crippen LogP) is -2.00. The van der Waals surface area contributed by atoms with Crippen LogP contribution in [0.2, 0.25) is 0 Å². The Bertz CT molecular complexity index is 789. The molecule has 0 amide bonds. The van der Waals surface area contributed by atoms with Crippen molar-refractivity contribution in [2.75, 3.05) is 12.3 Å². The Morgan fingerprint density at radius 2 is 2.32 bits per heavy atom. The Morgan fingerprint density at radius 1 is 1.64 bits per heavy atom. The van der Waals surface area contributed by atoms with E-state index in [0.29, 0.717) is 0 Å². The van der Waals surface area contributed by atoms with Crippen molar-refractivity contribution in [2.45, 2.75) is 30.7 Å². The monoisotopic (exact) mass is 315 g/mol. The molecule has 0 aromatic carbocycles. The van der Waals surface area contributed by atoms with E-state index in [2.05, 4.69) is 15.0 Å². The smallest absolute Gasteiger partial charge is 0.280 e. The van der Waals surface area contributed by atoms with Gasteiger partial charge in [0.25, 0.3) is 11.4 Å². The molecule has 120 valence electrons. The summed E-state index contributed by atoms with van der Waals surface area (Å²) in [5.74, 6) is -3.07. The third-order valence-corrected chi connectivity index (χ3v) is 3.69. The third-order valence-electron chi connectivity index (χ3n) is 3.69. The zero-order valence-corrected chi connectivity index (χ0v) is 11.4. The zero-order valence-electron chi connectivity index (χ0n) is 11.4. The summed E-state index contributed by atoms with van der Waals surface area (Å²) < 4.78 is 20.3. The van der Waals surface area contributed by atoms with E-state index in [4.69, 9.17) is 15.6 Å². The second kappa shape index (κ2) is 4.46. The number of anilines is 1. The first-order valence-electron chi connectivity index (χ1n) is 6.31. The van der Waals surface area contributed by atoms with Gasteiger partial charge in [-0.15, -0.1) is 0 Å². The fourth-order valence-electron chi connectivity index (χ4n) is 2.52. The standard InChI is InChI=1S/C11H14FN5O5/c1-10(21)7(20)11(12,2-18)22-8(10)17-3-14-4-5(17)15-9(13)16-6(4)19/h3,7-8,18,20-21H,2H2,1H3,(H3,13,15,16,19). The van der Waals surface area contributed by atoms with E-state index >= 15 is 0 Å². The van der Waals surface area contributed by atoms with E-state index in [9.17, 15) is 19.4 Å². The lowest BCUT2D eigenvalue weighted by Gasteiger charge is -2.27. The summed E-state index contributed by atoms with van der Waals surface area (Å²) in [7, 11) is 0. The van der Waals surface area contributed by atoms with Crippen molar-refractivity contribution in [3.8, 4) is 0 Å². The van der Waals surface area contributed by atoms with Gasteiger partial charge >= 0.3 is 0 Å². The SMILES string of the molecule is CC1(O)C(n2cnc3c(=O)[nH]c(N)nc32)OC(F)(CO)C1O. The molecule has 2 aromatic rings. The molecule has 1 fully saturated rings. The number of aliphatic hydroxyl groups excluding tert-OH is 2. The molecule has 22 heavy (non-hydrogen) atoms. The molecule has 2 aromatic heterocycles. The number of nitrogens with one attached hydrogen (secondary N) is 1. The van der Waals surface area contributed by atoms with Crippen molar-refractivity contribution in [3.05, 3.63) is 16.7 Å². The highest BCUT2D eigenvalue weighted by Crippen LogP contribution is 2.45. The Balaban J connectivity index is 2.18. The number of aromatic amines is 1. The highest BCUT2D eigenvalue weighted by atomic mass is 19.2. The maximum absolute atomic E-state index is 14.3. The first-order chi connectivity index (χ1) is 10.2. The summed E-state index contributed by atoms with van der Waals surface area (Å²) in [6.07, 6.45) is -2.40. The lowest BCUT2D eigenvalue weighted by atomic mass is 9.95. The van der Waals surface area contributed by atoms with Crippen LogP contribution >= 0.6 is 0 Å². The van der Waals surface area contributed by atoms with E-state index in [1.807, 2.05) is 0 Å². The molecule has 0 bridgehead atoms.